The molecule has 29 heavy (non-hydrogen) atoms. The third kappa shape index (κ3) is 3.74. The molecule has 0 saturated carbocycles. The molecule has 1 aliphatic heterocycles. The van der Waals surface area contributed by atoms with Crippen molar-refractivity contribution in [2.24, 2.45) is 7.05 Å². The van der Waals surface area contributed by atoms with E-state index in [1.165, 1.54) is 24.5 Å². The number of nitro groups is 1. The molecule has 148 valence electrons. The Kier molecular flexibility index (Phi) is 4.85. The van der Waals surface area contributed by atoms with Crippen molar-refractivity contribution in [2.75, 3.05) is 31.1 Å². The van der Waals surface area contributed by atoms with Gasteiger partial charge in [0, 0.05) is 51.4 Å². The minimum atomic E-state index is -0.454. The molecule has 0 aliphatic carbocycles. The summed E-state index contributed by atoms with van der Waals surface area (Å²) in [5.41, 5.74) is 2.06. The highest BCUT2D eigenvalue weighted by molar-refractivity contribution is 5.92. The number of non-ortho nitro benzene ring substituents is 1. The van der Waals surface area contributed by atoms with Gasteiger partial charge >= 0.3 is 0 Å². The Balaban J connectivity index is 1.38. The minimum absolute atomic E-state index is 0.0199. The Morgan fingerprint density at radius 1 is 1.14 bits per heavy atom. The molecule has 1 saturated heterocycles. The maximum atomic E-state index is 12.5. The van der Waals surface area contributed by atoms with Gasteiger partial charge < -0.3 is 9.80 Å². The van der Waals surface area contributed by atoms with Crippen LogP contribution in [0.5, 0.6) is 0 Å². The summed E-state index contributed by atoms with van der Waals surface area (Å²) < 4.78 is 1.60. The van der Waals surface area contributed by atoms with E-state index in [4.69, 9.17) is 0 Å². The fourth-order valence-electron chi connectivity index (χ4n) is 3.19. The Labute approximate surface area is 165 Å². The van der Waals surface area contributed by atoms with E-state index >= 15 is 0 Å². The van der Waals surface area contributed by atoms with Gasteiger partial charge in [0.15, 0.2) is 17.0 Å². The molecule has 3 aromatic rings. The Bertz CT molecular complexity index is 1080. The zero-order valence-electron chi connectivity index (χ0n) is 15.7. The van der Waals surface area contributed by atoms with Crippen LogP contribution in [-0.4, -0.2) is 66.9 Å². The molecule has 0 radical (unpaired) electrons. The van der Waals surface area contributed by atoms with Crippen LogP contribution in [0, 0.1) is 10.1 Å². The van der Waals surface area contributed by atoms with Crippen molar-refractivity contribution in [3.63, 3.8) is 0 Å². The van der Waals surface area contributed by atoms with Crippen molar-refractivity contribution >= 4 is 34.7 Å². The van der Waals surface area contributed by atoms with Crippen molar-refractivity contribution < 1.29 is 9.72 Å². The summed E-state index contributed by atoms with van der Waals surface area (Å²) >= 11 is 0. The number of fused-ring (bicyclic) bond motifs is 1. The number of rotatable bonds is 4. The first kappa shape index (κ1) is 18.5. The average molecular weight is 394 g/mol. The van der Waals surface area contributed by atoms with Gasteiger partial charge in [0.1, 0.15) is 6.33 Å². The SMILES string of the molecule is Cn1nnc2c(N3CCN(C(=O)/C=C\c4ccc([N+](=O)[O-])cc4)CC3)ncnc21. The van der Waals surface area contributed by atoms with Crippen molar-refractivity contribution in [3.05, 3.63) is 52.3 Å². The maximum Gasteiger partial charge on any atom is 0.269 e. The van der Waals surface area contributed by atoms with E-state index in [0.29, 0.717) is 37.3 Å². The van der Waals surface area contributed by atoms with Crippen LogP contribution >= 0.6 is 0 Å². The lowest BCUT2D eigenvalue weighted by Gasteiger charge is -2.34. The second-order valence-electron chi connectivity index (χ2n) is 6.58. The first-order valence-corrected chi connectivity index (χ1v) is 9.00. The number of aryl methyl sites for hydroxylation is 1. The number of aromatic nitrogens is 5. The van der Waals surface area contributed by atoms with Gasteiger partial charge in [0.2, 0.25) is 5.91 Å². The Hall–Kier alpha value is -3.89. The van der Waals surface area contributed by atoms with E-state index in [1.54, 1.807) is 34.8 Å². The molecule has 3 heterocycles. The van der Waals surface area contributed by atoms with Gasteiger partial charge in [-0.3, -0.25) is 14.9 Å². The standard InChI is InChI=1S/C18H18N8O3/c1-23-17-16(21-22-23)18(20-12-19-17)25-10-8-24(9-11-25)15(27)7-4-13-2-5-14(6-3-13)26(28)29/h2-7,12H,8-11H2,1H3/b7-4-. The van der Waals surface area contributed by atoms with E-state index in [2.05, 4.69) is 25.2 Å². The number of nitrogens with zero attached hydrogens (tertiary/aromatic N) is 8. The number of hydrogen-bond acceptors (Lipinski definition) is 8. The fraction of sp³-hybridized carbons (Fsp3) is 0.278. The third-order valence-electron chi connectivity index (χ3n) is 4.78. The Morgan fingerprint density at radius 3 is 2.55 bits per heavy atom. The number of piperazine rings is 1. The van der Waals surface area contributed by atoms with Crippen LogP contribution in [0.1, 0.15) is 5.56 Å². The lowest BCUT2D eigenvalue weighted by molar-refractivity contribution is -0.384. The molecule has 1 aliphatic rings. The molecule has 1 fully saturated rings. The van der Waals surface area contributed by atoms with Gasteiger partial charge in [-0.2, -0.15) is 0 Å². The normalized spacial score (nSPS) is 14.7. The van der Waals surface area contributed by atoms with Crippen molar-refractivity contribution in [3.8, 4) is 0 Å². The smallest absolute Gasteiger partial charge is 0.269 e. The summed E-state index contributed by atoms with van der Waals surface area (Å²) in [6.45, 7) is 2.35. The summed E-state index contributed by atoms with van der Waals surface area (Å²) in [6.07, 6.45) is 4.64. The van der Waals surface area contributed by atoms with Crippen LogP contribution in [0.15, 0.2) is 36.7 Å². The van der Waals surface area contributed by atoms with E-state index < -0.39 is 4.92 Å². The predicted octanol–water partition coefficient (Wildman–Crippen LogP) is 1.03. The third-order valence-corrected chi connectivity index (χ3v) is 4.78. The number of hydrogen-bond donors (Lipinski definition) is 0. The molecule has 0 N–H and O–H groups in total. The second-order valence-corrected chi connectivity index (χ2v) is 6.58. The number of benzene rings is 1. The highest BCUT2D eigenvalue weighted by Crippen LogP contribution is 2.21. The first-order chi connectivity index (χ1) is 14.0. The summed E-state index contributed by atoms with van der Waals surface area (Å²) in [7, 11) is 1.78. The number of amides is 1. The number of nitro benzene ring substituents is 1. The molecule has 0 unspecified atom stereocenters. The quantitative estimate of drug-likeness (QED) is 0.365. The molecule has 0 atom stereocenters. The highest BCUT2D eigenvalue weighted by Gasteiger charge is 2.23. The molecule has 11 nitrogen and oxygen atoms in total. The summed E-state index contributed by atoms with van der Waals surface area (Å²) in [6, 6.07) is 6.05. The minimum Gasteiger partial charge on any atom is -0.351 e. The zero-order valence-corrected chi connectivity index (χ0v) is 15.7. The van der Waals surface area contributed by atoms with E-state index in [9.17, 15) is 14.9 Å². The van der Waals surface area contributed by atoms with Gasteiger partial charge in [-0.05, 0) is 23.8 Å². The first-order valence-electron chi connectivity index (χ1n) is 9.00. The van der Waals surface area contributed by atoms with Crippen LogP contribution in [0.25, 0.3) is 17.2 Å². The lowest BCUT2D eigenvalue weighted by Crippen LogP contribution is -2.48. The van der Waals surface area contributed by atoms with Crippen molar-refractivity contribution in [1.82, 2.24) is 29.9 Å². The van der Waals surface area contributed by atoms with Gasteiger partial charge in [-0.1, -0.05) is 5.21 Å². The molecule has 0 bridgehead atoms. The molecule has 1 aromatic carbocycles. The second kappa shape index (κ2) is 7.62. The number of carbonyl (C=O) groups excluding carboxylic acids is 1. The highest BCUT2D eigenvalue weighted by atomic mass is 16.6. The number of anilines is 1. The van der Waals surface area contributed by atoms with Gasteiger partial charge in [0.25, 0.3) is 5.69 Å². The molecule has 2 aromatic heterocycles. The van der Waals surface area contributed by atoms with Crippen molar-refractivity contribution in [1.29, 1.82) is 0 Å². The van der Waals surface area contributed by atoms with Crippen LogP contribution in [0.4, 0.5) is 11.5 Å². The van der Waals surface area contributed by atoms with Crippen molar-refractivity contribution in [2.45, 2.75) is 0 Å². The molecular formula is C18H18N8O3. The summed E-state index contributed by atoms with van der Waals surface area (Å²) in [4.78, 5) is 35.1. The Morgan fingerprint density at radius 2 is 1.86 bits per heavy atom. The van der Waals surface area contributed by atoms with E-state index in [-0.39, 0.29) is 11.6 Å². The molecule has 0 spiro atoms. The van der Waals surface area contributed by atoms with Crippen LogP contribution in [-0.2, 0) is 11.8 Å². The summed E-state index contributed by atoms with van der Waals surface area (Å²) in [5.74, 6) is 0.618. The molecular weight excluding hydrogens is 376 g/mol. The predicted molar refractivity (Wildman–Crippen MR) is 105 cm³/mol. The molecule has 1 amide bonds. The average Bonchev–Trinajstić information content (AvgIpc) is 3.13. The van der Waals surface area contributed by atoms with Crippen LogP contribution in [0.3, 0.4) is 0 Å². The van der Waals surface area contributed by atoms with Gasteiger partial charge in [-0.25, -0.2) is 14.6 Å². The van der Waals surface area contributed by atoms with Crippen LogP contribution in [0.2, 0.25) is 0 Å². The topological polar surface area (TPSA) is 123 Å². The lowest BCUT2D eigenvalue weighted by atomic mass is 10.2. The van der Waals surface area contributed by atoms with Gasteiger partial charge in [0.05, 0.1) is 4.92 Å². The molecule has 4 rings (SSSR count). The van der Waals surface area contributed by atoms with E-state index in [1.807, 2.05) is 0 Å². The van der Waals surface area contributed by atoms with E-state index in [0.717, 1.165) is 11.4 Å². The van der Waals surface area contributed by atoms with Gasteiger partial charge in [-0.15, -0.1) is 5.10 Å². The monoisotopic (exact) mass is 394 g/mol. The fourth-order valence-corrected chi connectivity index (χ4v) is 3.19. The maximum absolute atomic E-state index is 12.5. The molecule has 11 heteroatoms. The zero-order chi connectivity index (χ0) is 20.4. The summed E-state index contributed by atoms with van der Waals surface area (Å²) in [5, 5.41) is 18.8. The van der Waals surface area contributed by atoms with Crippen LogP contribution < -0.4 is 4.90 Å². The number of carbonyl (C=O) groups is 1. The largest absolute Gasteiger partial charge is 0.351 e.